The van der Waals surface area contributed by atoms with Gasteiger partial charge < -0.3 is 15.0 Å². The molecule has 2 heterocycles. The Balaban J connectivity index is 1.73. The number of aryl methyl sites for hydroxylation is 1. The summed E-state index contributed by atoms with van der Waals surface area (Å²) in [7, 11) is 0. The van der Waals surface area contributed by atoms with Gasteiger partial charge in [-0.25, -0.2) is 0 Å². The lowest BCUT2D eigenvalue weighted by molar-refractivity contribution is 0.101. The molecule has 2 N–H and O–H groups in total. The molecule has 1 aromatic rings. The molecule has 0 aromatic carbocycles. The van der Waals surface area contributed by atoms with Crippen molar-refractivity contribution in [3.8, 4) is 0 Å². The normalized spacial score (nSPS) is 21.0. The highest BCUT2D eigenvalue weighted by atomic mass is 16.5. The SMILES string of the molecule is NCc1cccn1CCCC1CCCO1. The molecule has 0 amide bonds. The molecular weight excluding hydrogens is 188 g/mol. The second-order valence-electron chi connectivity index (χ2n) is 4.17. The minimum atomic E-state index is 0.516. The molecule has 3 nitrogen and oxygen atoms in total. The van der Waals surface area contributed by atoms with Crippen molar-refractivity contribution in [3.63, 3.8) is 0 Å². The number of ether oxygens (including phenoxy) is 1. The van der Waals surface area contributed by atoms with E-state index in [9.17, 15) is 0 Å². The fraction of sp³-hybridized carbons (Fsp3) is 0.667. The first kappa shape index (κ1) is 10.7. The quantitative estimate of drug-likeness (QED) is 0.803. The van der Waals surface area contributed by atoms with E-state index in [0.29, 0.717) is 12.6 Å². The summed E-state index contributed by atoms with van der Waals surface area (Å²) in [6.07, 6.45) is 7.48. The summed E-state index contributed by atoms with van der Waals surface area (Å²) in [6, 6.07) is 4.15. The van der Waals surface area contributed by atoms with Crippen molar-refractivity contribution < 1.29 is 4.74 Å². The Labute approximate surface area is 91.2 Å². The predicted octanol–water partition coefficient (Wildman–Crippen LogP) is 1.91. The minimum Gasteiger partial charge on any atom is -0.378 e. The van der Waals surface area contributed by atoms with Crippen LogP contribution in [-0.4, -0.2) is 17.3 Å². The largest absolute Gasteiger partial charge is 0.378 e. The number of hydrogen-bond donors (Lipinski definition) is 1. The fourth-order valence-electron chi connectivity index (χ4n) is 2.21. The minimum absolute atomic E-state index is 0.516. The standard InChI is InChI=1S/C12H20N2O/c13-10-11-4-1-7-14(11)8-2-5-12-6-3-9-15-12/h1,4,7,12H,2-3,5-6,8-10,13H2. The van der Waals surface area contributed by atoms with Crippen molar-refractivity contribution >= 4 is 0 Å². The monoisotopic (exact) mass is 208 g/mol. The summed E-state index contributed by atoms with van der Waals surface area (Å²) in [4.78, 5) is 0. The van der Waals surface area contributed by atoms with Gasteiger partial charge in [-0.2, -0.15) is 0 Å². The van der Waals surface area contributed by atoms with Gasteiger partial charge in [0.15, 0.2) is 0 Å². The van der Waals surface area contributed by atoms with Gasteiger partial charge >= 0.3 is 0 Å². The molecule has 0 saturated carbocycles. The Bertz CT molecular complexity index is 290. The number of aromatic nitrogens is 1. The van der Waals surface area contributed by atoms with Gasteiger partial charge in [-0.3, -0.25) is 0 Å². The van der Waals surface area contributed by atoms with Crippen LogP contribution in [0.4, 0.5) is 0 Å². The molecule has 0 bridgehead atoms. The van der Waals surface area contributed by atoms with Crippen LogP contribution < -0.4 is 5.73 Å². The molecule has 84 valence electrons. The highest BCUT2D eigenvalue weighted by Gasteiger charge is 2.14. The molecule has 1 atom stereocenters. The van der Waals surface area contributed by atoms with Crippen molar-refractivity contribution in [2.24, 2.45) is 5.73 Å². The van der Waals surface area contributed by atoms with E-state index in [1.165, 1.54) is 31.4 Å². The molecule has 0 aliphatic carbocycles. The molecule has 3 heteroatoms. The third-order valence-electron chi connectivity index (χ3n) is 3.08. The van der Waals surface area contributed by atoms with Gasteiger partial charge in [-0.05, 0) is 37.8 Å². The Morgan fingerprint density at radius 1 is 1.53 bits per heavy atom. The summed E-state index contributed by atoms with van der Waals surface area (Å²) in [5.41, 5.74) is 6.87. The molecule has 1 aliphatic heterocycles. The molecular formula is C12H20N2O. The Kier molecular flexibility index (Phi) is 3.80. The number of hydrogen-bond acceptors (Lipinski definition) is 2. The third-order valence-corrected chi connectivity index (χ3v) is 3.08. The van der Waals surface area contributed by atoms with Crippen molar-refractivity contribution in [2.75, 3.05) is 6.61 Å². The molecule has 1 aliphatic rings. The van der Waals surface area contributed by atoms with Gasteiger partial charge in [0.05, 0.1) is 6.10 Å². The lowest BCUT2D eigenvalue weighted by atomic mass is 10.1. The summed E-state index contributed by atoms with van der Waals surface area (Å²) in [6.45, 7) is 2.66. The Hall–Kier alpha value is -0.800. The fourth-order valence-corrected chi connectivity index (χ4v) is 2.21. The second-order valence-corrected chi connectivity index (χ2v) is 4.17. The third kappa shape index (κ3) is 2.83. The first-order chi connectivity index (χ1) is 7.40. The van der Waals surface area contributed by atoms with E-state index < -0.39 is 0 Å². The number of rotatable bonds is 5. The highest BCUT2D eigenvalue weighted by molar-refractivity contribution is 5.06. The zero-order valence-electron chi connectivity index (χ0n) is 9.19. The molecule has 1 saturated heterocycles. The molecule has 1 fully saturated rings. The first-order valence-corrected chi connectivity index (χ1v) is 5.86. The van der Waals surface area contributed by atoms with Crippen LogP contribution in [0.15, 0.2) is 18.3 Å². The second kappa shape index (κ2) is 5.33. The molecule has 0 spiro atoms. The Morgan fingerprint density at radius 3 is 3.20 bits per heavy atom. The van der Waals surface area contributed by atoms with E-state index in [0.717, 1.165) is 13.2 Å². The van der Waals surface area contributed by atoms with Gasteiger partial charge in [0.25, 0.3) is 0 Å². The van der Waals surface area contributed by atoms with E-state index in [-0.39, 0.29) is 0 Å². The molecule has 0 radical (unpaired) electrons. The smallest absolute Gasteiger partial charge is 0.0576 e. The summed E-state index contributed by atoms with van der Waals surface area (Å²) in [5.74, 6) is 0. The maximum atomic E-state index is 5.64. The van der Waals surface area contributed by atoms with Crippen LogP contribution in [0.25, 0.3) is 0 Å². The highest BCUT2D eigenvalue weighted by Crippen LogP contribution is 2.17. The lowest BCUT2D eigenvalue weighted by Gasteiger charge is -2.11. The molecule has 15 heavy (non-hydrogen) atoms. The molecule has 1 aromatic heterocycles. The average molecular weight is 208 g/mol. The van der Waals surface area contributed by atoms with Crippen LogP contribution in [0.1, 0.15) is 31.4 Å². The van der Waals surface area contributed by atoms with Crippen LogP contribution in [-0.2, 0) is 17.8 Å². The number of nitrogens with zero attached hydrogens (tertiary/aromatic N) is 1. The van der Waals surface area contributed by atoms with Crippen LogP contribution in [0.2, 0.25) is 0 Å². The van der Waals surface area contributed by atoms with Gasteiger partial charge in [0.1, 0.15) is 0 Å². The van der Waals surface area contributed by atoms with E-state index >= 15 is 0 Å². The maximum Gasteiger partial charge on any atom is 0.0576 e. The van der Waals surface area contributed by atoms with Gasteiger partial charge in [0, 0.05) is 31.6 Å². The lowest BCUT2D eigenvalue weighted by Crippen LogP contribution is -2.10. The molecule has 2 rings (SSSR count). The van der Waals surface area contributed by atoms with Crippen molar-refractivity contribution in [3.05, 3.63) is 24.0 Å². The van der Waals surface area contributed by atoms with Crippen molar-refractivity contribution in [2.45, 2.75) is 44.9 Å². The van der Waals surface area contributed by atoms with Crippen LogP contribution in [0.5, 0.6) is 0 Å². The zero-order chi connectivity index (χ0) is 10.5. The number of nitrogens with two attached hydrogens (primary N) is 1. The molecule has 1 unspecified atom stereocenters. The first-order valence-electron chi connectivity index (χ1n) is 5.86. The topological polar surface area (TPSA) is 40.2 Å². The maximum absolute atomic E-state index is 5.64. The van der Waals surface area contributed by atoms with Gasteiger partial charge in [0.2, 0.25) is 0 Å². The summed E-state index contributed by atoms with van der Waals surface area (Å²) >= 11 is 0. The van der Waals surface area contributed by atoms with Crippen molar-refractivity contribution in [1.29, 1.82) is 0 Å². The summed E-state index contributed by atoms with van der Waals surface area (Å²) < 4.78 is 7.84. The van der Waals surface area contributed by atoms with Crippen molar-refractivity contribution in [1.82, 2.24) is 4.57 Å². The van der Waals surface area contributed by atoms with E-state index in [4.69, 9.17) is 10.5 Å². The van der Waals surface area contributed by atoms with E-state index in [1.54, 1.807) is 0 Å². The summed E-state index contributed by atoms with van der Waals surface area (Å²) in [5, 5.41) is 0. The van der Waals surface area contributed by atoms with E-state index in [2.05, 4.69) is 22.9 Å². The average Bonchev–Trinajstić information content (AvgIpc) is 2.88. The van der Waals surface area contributed by atoms with Crippen LogP contribution in [0, 0.1) is 0 Å². The van der Waals surface area contributed by atoms with E-state index in [1.807, 2.05) is 0 Å². The Morgan fingerprint density at radius 2 is 2.47 bits per heavy atom. The van der Waals surface area contributed by atoms with Crippen LogP contribution in [0.3, 0.4) is 0 Å². The van der Waals surface area contributed by atoms with Gasteiger partial charge in [-0.1, -0.05) is 0 Å². The zero-order valence-corrected chi connectivity index (χ0v) is 9.19. The van der Waals surface area contributed by atoms with Crippen LogP contribution >= 0.6 is 0 Å². The van der Waals surface area contributed by atoms with Gasteiger partial charge in [-0.15, -0.1) is 0 Å². The predicted molar refractivity (Wildman–Crippen MR) is 60.5 cm³/mol.